The van der Waals surface area contributed by atoms with Gasteiger partial charge in [0, 0.05) is 19.3 Å². The monoisotopic (exact) mass is 275 g/mol. The Balaban J connectivity index is 2.21. The normalized spacial score (nSPS) is 14.9. The first-order chi connectivity index (χ1) is 9.58. The Hall–Kier alpha value is -2.64. The van der Waals surface area contributed by atoms with E-state index in [2.05, 4.69) is 15.0 Å². The minimum atomic E-state index is -1.31. The van der Waals surface area contributed by atoms with Gasteiger partial charge in [0.1, 0.15) is 22.4 Å². The fourth-order valence-electron chi connectivity index (χ4n) is 2.35. The van der Waals surface area contributed by atoms with E-state index in [0.717, 1.165) is 32.1 Å². The van der Waals surface area contributed by atoms with Crippen LogP contribution in [0.15, 0.2) is 11.0 Å². The molecule has 104 valence electrons. The first kappa shape index (κ1) is 12.4. The molecule has 0 spiro atoms. The second kappa shape index (κ2) is 4.48. The summed E-state index contributed by atoms with van der Waals surface area (Å²) in [5.74, 6) is -0.844. The number of nitrogen functional groups attached to an aromatic ring is 1. The highest BCUT2D eigenvalue weighted by atomic mass is 16.4. The number of nitrogens with two attached hydrogens (primary N) is 1. The van der Waals surface area contributed by atoms with Crippen LogP contribution in [0.2, 0.25) is 0 Å². The van der Waals surface area contributed by atoms with Crippen molar-refractivity contribution in [3.8, 4) is 0 Å². The molecular weight excluding hydrogens is 262 g/mol. The molecular formula is C12H13N5O3. The molecule has 0 radical (unpaired) electrons. The molecule has 0 aromatic carbocycles. The SMILES string of the molecule is Nc1nc(N2CCCC2)nc2[nH]cc(C(=O)O)c(=O)c12. The molecule has 8 heteroatoms. The Bertz CT molecular complexity index is 749. The summed E-state index contributed by atoms with van der Waals surface area (Å²) >= 11 is 0. The van der Waals surface area contributed by atoms with Gasteiger partial charge in [0.05, 0.1) is 0 Å². The van der Waals surface area contributed by atoms with Crippen molar-refractivity contribution in [2.45, 2.75) is 12.8 Å². The van der Waals surface area contributed by atoms with E-state index >= 15 is 0 Å². The van der Waals surface area contributed by atoms with Gasteiger partial charge < -0.3 is 20.7 Å². The summed E-state index contributed by atoms with van der Waals surface area (Å²) < 4.78 is 0. The van der Waals surface area contributed by atoms with E-state index < -0.39 is 11.4 Å². The fraction of sp³-hybridized carbons (Fsp3) is 0.333. The number of carboxylic acid groups (broad SMARTS) is 1. The molecule has 0 amide bonds. The number of hydrogen-bond acceptors (Lipinski definition) is 6. The van der Waals surface area contributed by atoms with Crippen LogP contribution in [0, 0.1) is 0 Å². The lowest BCUT2D eigenvalue weighted by Gasteiger charge is -2.15. The molecule has 3 rings (SSSR count). The first-order valence-electron chi connectivity index (χ1n) is 6.25. The molecule has 3 heterocycles. The molecule has 0 atom stereocenters. The molecule has 1 fully saturated rings. The highest BCUT2D eigenvalue weighted by Gasteiger charge is 2.20. The molecule has 0 aliphatic carbocycles. The van der Waals surface area contributed by atoms with Crippen LogP contribution in [-0.4, -0.2) is 39.1 Å². The van der Waals surface area contributed by atoms with Crippen LogP contribution in [0.4, 0.5) is 11.8 Å². The van der Waals surface area contributed by atoms with Gasteiger partial charge >= 0.3 is 5.97 Å². The van der Waals surface area contributed by atoms with E-state index in [1.54, 1.807) is 0 Å². The van der Waals surface area contributed by atoms with Gasteiger partial charge in [-0.25, -0.2) is 4.79 Å². The maximum absolute atomic E-state index is 12.0. The summed E-state index contributed by atoms with van der Waals surface area (Å²) in [6.07, 6.45) is 3.26. The molecule has 1 aliphatic rings. The van der Waals surface area contributed by atoms with Gasteiger partial charge in [-0.3, -0.25) is 4.79 Å². The number of carbonyl (C=O) groups is 1. The van der Waals surface area contributed by atoms with Crippen molar-refractivity contribution in [2.75, 3.05) is 23.7 Å². The van der Waals surface area contributed by atoms with Gasteiger partial charge in [0.25, 0.3) is 0 Å². The van der Waals surface area contributed by atoms with Crippen molar-refractivity contribution in [3.05, 3.63) is 22.0 Å². The Labute approximate surface area is 113 Å². The van der Waals surface area contributed by atoms with E-state index in [1.165, 1.54) is 0 Å². The molecule has 20 heavy (non-hydrogen) atoms. The Morgan fingerprint density at radius 2 is 2.05 bits per heavy atom. The van der Waals surface area contributed by atoms with Gasteiger partial charge in [-0.1, -0.05) is 0 Å². The smallest absolute Gasteiger partial charge is 0.341 e. The predicted molar refractivity (Wildman–Crippen MR) is 73.0 cm³/mol. The van der Waals surface area contributed by atoms with E-state index in [9.17, 15) is 9.59 Å². The number of pyridine rings is 1. The second-order valence-electron chi connectivity index (χ2n) is 4.66. The maximum Gasteiger partial charge on any atom is 0.341 e. The second-order valence-corrected chi connectivity index (χ2v) is 4.66. The van der Waals surface area contributed by atoms with Crippen LogP contribution in [0.25, 0.3) is 11.0 Å². The summed E-state index contributed by atoms with van der Waals surface area (Å²) in [4.78, 5) is 36.1. The van der Waals surface area contributed by atoms with Crippen LogP contribution < -0.4 is 16.1 Å². The molecule has 2 aromatic heterocycles. The lowest BCUT2D eigenvalue weighted by atomic mass is 10.2. The molecule has 0 saturated carbocycles. The number of rotatable bonds is 2. The summed E-state index contributed by atoms with van der Waals surface area (Å²) in [5, 5.41) is 8.95. The van der Waals surface area contributed by atoms with Crippen LogP contribution in [-0.2, 0) is 0 Å². The van der Waals surface area contributed by atoms with Crippen LogP contribution in [0.1, 0.15) is 23.2 Å². The lowest BCUT2D eigenvalue weighted by Crippen LogP contribution is -2.23. The van der Waals surface area contributed by atoms with Gasteiger partial charge in [-0.05, 0) is 12.8 Å². The Kier molecular flexibility index (Phi) is 2.78. The minimum absolute atomic E-state index is 0.00116. The number of nitrogens with zero attached hydrogens (tertiary/aromatic N) is 3. The highest BCUT2D eigenvalue weighted by Crippen LogP contribution is 2.20. The number of hydrogen-bond donors (Lipinski definition) is 3. The van der Waals surface area contributed by atoms with Crippen molar-refractivity contribution in [1.82, 2.24) is 15.0 Å². The number of aromatic nitrogens is 3. The number of carboxylic acids is 1. The van der Waals surface area contributed by atoms with Crippen LogP contribution in [0.5, 0.6) is 0 Å². The summed E-state index contributed by atoms with van der Waals surface area (Å²) in [7, 11) is 0. The zero-order valence-corrected chi connectivity index (χ0v) is 10.6. The number of aromatic carboxylic acids is 1. The third-order valence-electron chi connectivity index (χ3n) is 3.37. The fourth-order valence-corrected chi connectivity index (χ4v) is 2.35. The third kappa shape index (κ3) is 1.85. The van der Waals surface area contributed by atoms with Crippen molar-refractivity contribution in [3.63, 3.8) is 0 Å². The van der Waals surface area contributed by atoms with E-state index in [-0.39, 0.29) is 22.4 Å². The Morgan fingerprint density at radius 1 is 1.35 bits per heavy atom. The maximum atomic E-state index is 12.0. The molecule has 8 nitrogen and oxygen atoms in total. The number of nitrogens with one attached hydrogen (secondary N) is 1. The van der Waals surface area contributed by atoms with Gasteiger partial charge in [-0.15, -0.1) is 0 Å². The van der Waals surface area contributed by atoms with E-state index in [1.807, 2.05) is 4.90 Å². The lowest BCUT2D eigenvalue weighted by molar-refractivity contribution is 0.0695. The minimum Gasteiger partial charge on any atom is -0.477 e. The van der Waals surface area contributed by atoms with E-state index in [4.69, 9.17) is 10.8 Å². The van der Waals surface area contributed by atoms with E-state index in [0.29, 0.717) is 5.95 Å². The summed E-state index contributed by atoms with van der Waals surface area (Å²) in [5.41, 5.74) is 5.02. The van der Waals surface area contributed by atoms with Gasteiger partial charge in [-0.2, -0.15) is 9.97 Å². The highest BCUT2D eigenvalue weighted by molar-refractivity contribution is 5.94. The molecule has 2 aromatic rings. The predicted octanol–water partition coefficient (Wildman–Crippen LogP) is 0.199. The first-order valence-corrected chi connectivity index (χ1v) is 6.25. The molecule has 4 N–H and O–H groups in total. The van der Waals surface area contributed by atoms with Crippen molar-refractivity contribution in [1.29, 1.82) is 0 Å². The average Bonchev–Trinajstić information content (AvgIpc) is 2.91. The number of H-pyrrole nitrogens is 1. The topological polar surface area (TPSA) is 125 Å². The zero-order valence-electron chi connectivity index (χ0n) is 10.6. The number of aromatic amines is 1. The third-order valence-corrected chi connectivity index (χ3v) is 3.37. The summed E-state index contributed by atoms with van der Waals surface area (Å²) in [6.45, 7) is 1.70. The largest absolute Gasteiger partial charge is 0.477 e. The molecule has 0 unspecified atom stereocenters. The quantitative estimate of drug-likeness (QED) is 0.714. The van der Waals surface area contributed by atoms with Crippen molar-refractivity contribution >= 4 is 28.8 Å². The van der Waals surface area contributed by atoms with Crippen molar-refractivity contribution < 1.29 is 9.90 Å². The Morgan fingerprint density at radius 3 is 2.70 bits per heavy atom. The van der Waals surface area contributed by atoms with Crippen LogP contribution >= 0.6 is 0 Å². The molecule has 1 saturated heterocycles. The van der Waals surface area contributed by atoms with Crippen LogP contribution in [0.3, 0.4) is 0 Å². The molecule has 0 bridgehead atoms. The van der Waals surface area contributed by atoms with Gasteiger partial charge in [0.2, 0.25) is 11.4 Å². The average molecular weight is 275 g/mol. The zero-order chi connectivity index (χ0) is 14.3. The van der Waals surface area contributed by atoms with Crippen molar-refractivity contribution in [2.24, 2.45) is 0 Å². The summed E-state index contributed by atoms with van der Waals surface area (Å²) in [6, 6.07) is 0. The van der Waals surface area contributed by atoms with Gasteiger partial charge in [0.15, 0.2) is 0 Å². The molecule has 1 aliphatic heterocycles. The number of fused-ring (bicyclic) bond motifs is 1. The number of anilines is 2. The standard InChI is InChI=1S/C12H13N5O3/c13-9-7-8(18)6(11(19)20)5-14-10(7)16-12(15-9)17-3-1-2-4-17/h5H,1-4H2,(H,19,20)(H3,13,14,15,16,18).